The van der Waals surface area contributed by atoms with Crippen LogP contribution in [0.2, 0.25) is 0 Å². The Kier molecular flexibility index (Phi) is 9.05. The number of nitrogens with zero attached hydrogens (tertiary/aromatic N) is 2. The largest absolute Gasteiger partial charge is 0.495 e. The highest BCUT2D eigenvalue weighted by Crippen LogP contribution is 2.31. The highest BCUT2D eigenvalue weighted by molar-refractivity contribution is 7.89. The summed E-state index contributed by atoms with van der Waals surface area (Å²) in [5.41, 5.74) is 1.44. The van der Waals surface area contributed by atoms with E-state index >= 15 is 0 Å². The summed E-state index contributed by atoms with van der Waals surface area (Å²) >= 11 is 0. The molecule has 0 spiro atoms. The normalized spacial score (nSPS) is 14.0. The van der Waals surface area contributed by atoms with Crippen LogP contribution < -0.4 is 14.4 Å². The topological polar surface area (TPSA) is 105 Å². The van der Waals surface area contributed by atoms with Crippen molar-refractivity contribution in [1.29, 1.82) is 0 Å². The van der Waals surface area contributed by atoms with Gasteiger partial charge < -0.3 is 19.3 Å². The molecule has 190 valence electrons. The molecule has 0 aliphatic carbocycles. The van der Waals surface area contributed by atoms with Gasteiger partial charge in [-0.2, -0.15) is 0 Å². The van der Waals surface area contributed by atoms with Gasteiger partial charge in [-0.3, -0.25) is 9.59 Å². The molecule has 0 saturated carbocycles. The number of carbonyl (C=O) groups is 2. The van der Waals surface area contributed by atoms with E-state index in [9.17, 15) is 22.4 Å². The van der Waals surface area contributed by atoms with Gasteiger partial charge in [0.05, 0.1) is 31.2 Å². The lowest BCUT2D eigenvalue weighted by atomic mass is 10.1. The molecule has 0 atom stereocenters. The molecule has 2 aromatic carbocycles. The van der Waals surface area contributed by atoms with Gasteiger partial charge in [0.1, 0.15) is 11.6 Å². The number of hydrogen-bond acceptors (Lipinski definition) is 7. The quantitative estimate of drug-likeness (QED) is 0.490. The number of benzene rings is 2. The Labute approximate surface area is 204 Å². The van der Waals surface area contributed by atoms with Crippen molar-refractivity contribution in [2.45, 2.75) is 24.2 Å². The zero-order chi connectivity index (χ0) is 25.4. The van der Waals surface area contributed by atoms with Gasteiger partial charge in [0.15, 0.2) is 0 Å². The fourth-order valence-electron chi connectivity index (χ4n) is 3.81. The number of amides is 1. The molecule has 11 heteroatoms. The maximum atomic E-state index is 13.0. The van der Waals surface area contributed by atoms with Crippen LogP contribution in [0.1, 0.15) is 18.4 Å². The van der Waals surface area contributed by atoms with E-state index in [0.29, 0.717) is 44.0 Å². The Balaban J connectivity index is 1.63. The van der Waals surface area contributed by atoms with Crippen LogP contribution in [0.4, 0.5) is 10.1 Å². The lowest BCUT2D eigenvalue weighted by Gasteiger charge is -2.36. The van der Waals surface area contributed by atoms with Crippen molar-refractivity contribution in [2.24, 2.45) is 0 Å². The standard InChI is InChI=1S/C24H30FN3O6S/c1-33-22-8-7-20(35(31,32)26-12-11-18-3-5-19(25)6-4-18)17-21(22)27-13-15-28(16-14-27)23(29)9-10-24(30)34-2/h3-8,17,26H,9-16H2,1-2H3. The van der Waals surface area contributed by atoms with Crippen LogP contribution in [-0.2, 0) is 30.8 Å². The summed E-state index contributed by atoms with van der Waals surface area (Å²) in [5.74, 6) is -0.359. The van der Waals surface area contributed by atoms with E-state index in [0.717, 1.165) is 5.56 Å². The van der Waals surface area contributed by atoms with Crippen LogP contribution in [0, 0.1) is 5.82 Å². The van der Waals surface area contributed by atoms with E-state index in [1.807, 2.05) is 4.90 Å². The van der Waals surface area contributed by atoms with Crippen LogP contribution in [0.5, 0.6) is 5.75 Å². The number of methoxy groups -OCH3 is 2. The Bertz CT molecular complexity index is 1130. The van der Waals surface area contributed by atoms with E-state index in [1.54, 1.807) is 29.2 Å². The molecule has 0 unspecified atom stereocenters. The maximum absolute atomic E-state index is 13.0. The summed E-state index contributed by atoms with van der Waals surface area (Å²) in [4.78, 5) is 27.4. The van der Waals surface area contributed by atoms with E-state index in [1.165, 1.54) is 32.4 Å². The summed E-state index contributed by atoms with van der Waals surface area (Å²) in [7, 11) is -0.981. The predicted molar refractivity (Wildman–Crippen MR) is 128 cm³/mol. The van der Waals surface area contributed by atoms with Crippen LogP contribution in [-0.4, -0.2) is 72.1 Å². The van der Waals surface area contributed by atoms with Crippen molar-refractivity contribution in [3.05, 3.63) is 53.8 Å². The number of rotatable bonds is 10. The maximum Gasteiger partial charge on any atom is 0.306 e. The number of esters is 1. The third kappa shape index (κ3) is 7.15. The van der Waals surface area contributed by atoms with Gasteiger partial charge >= 0.3 is 5.97 Å². The first-order valence-corrected chi connectivity index (χ1v) is 12.7. The van der Waals surface area contributed by atoms with Gasteiger partial charge in [-0.15, -0.1) is 0 Å². The van der Waals surface area contributed by atoms with Gasteiger partial charge in [0.2, 0.25) is 15.9 Å². The average Bonchev–Trinajstić information content (AvgIpc) is 2.87. The third-order valence-corrected chi connectivity index (χ3v) is 7.28. The van der Waals surface area contributed by atoms with Crippen LogP contribution >= 0.6 is 0 Å². The monoisotopic (exact) mass is 507 g/mol. The van der Waals surface area contributed by atoms with Gasteiger partial charge in [0, 0.05) is 39.1 Å². The lowest BCUT2D eigenvalue weighted by Crippen LogP contribution is -2.49. The first-order chi connectivity index (χ1) is 16.7. The first-order valence-electron chi connectivity index (χ1n) is 11.2. The van der Waals surface area contributed by atoms with Gasteiger partial charge in [-0.1, -0.05) is 12.1 Å². The fraction of sp³-hybridized carbons (Fsp3) is 0.417. The second kappa shape index (κ2) is 12.0. The first kappa shape index (κ1) is 26.4. The Hall–Kier alpha value is -3.18. The van der Waals surface area contributed by atoms with Crippen molar-refractivity contribution >= 4 is 27.6 Å². The second-order valence-electron chi connectivity index (χ2n) is 8.05. The van der Waals surface area contributed by atoms with E-state index < -0.39 is 16.0 Å². The average molecular weight is 508 g/mol. The molecule has 3 rings (SSSR count). The number of nitrogens with one attached hydrogen (secondary N) is 1. The lowest BCUT2D eigenvalue weighted by molar-refractivity contribution is -0.143. The van der Waals surface area contributed by atoms with Crippen molar-refractivity contribution in [3.8, 4) is 5.75 Å². The molecule has 0 radical (unpaired) electrons. The molecule has 1 fully saturated rings. The summed E-state index contributed by atoms with van der Waals surface area (Å²) in [5, 5.41) is 0. The summed E-state index contributed by atoms with van der Waals surface area (Å²) < 4.78 is 51.4. The molecule has 1 aliphatic heterocycles. The summed E-state index contributed by atoms with van der Waals surface area (Å²) in [6.07, 6.45) is 0.555. The minimum Gasteiger partial charge on any atom is -0.495 e. The number of carbonyl (C=O) groups excluding carboxylic acids is 2. The second-order valence-corrected chi connectivity index (χ2v) is 9.82. The number of anilines is 1. The molecule has 35 heavy (non-hydrogen) atoms. The number of hydrogen-bond donors (Lipinski definition) is 1. The number of sulfonamides is 1. The van der Waals surface area contributed by atoms with Gasteiger partial charge in [-0.05, 0) is 42.3 Å². The molecule has 1 N–H and O–H groups in total. The Morgan fingerprint density at radius 2 is 1.69 bits per heavy atom. The van der Waals surface area contributed by atoms with Crippen LogP contribution in [0.3, 0.4) is 0 Å². The van der Waals surface area contributed by atoms with E-state index in [2.05, 4.69) is 9.46 Å². The fourth-order valence-corrected chi connectivity index (χ4v) is 4.87. The molecule has 1 amide bonds. The summed E-state index contributed by atoms with van der Waals surface area (Å²) in [6.45, 7) is 2.03. The Morgan fingerprint density at radius 3 is 2.31 bits per heavy atom. The number of halogens is 1. The molecule has 0 aromatic heterocycles. The van der Waals surface area contributed by atoms with Crippen molar-refractivity contribution < 1.29 is 31.9 Å². The predicted octanol–water partition coefficient (Wildman–Crippen LogP) is 1.96. The van der Waals surface area contributed by atoms with Crippen molar-refractivity contribution in [1.82, 2.24) is 9.62 Å². The minimum absolute atomic E-state index is 0.0391. The van der Waals surface area contributed by atoms with E-state index in [4.69, 9.17) is 4.74 Å². The molecule has 1 aliphatic rings. The molecule has 1 heterocycles. The van der Waals surface area contributed by atoms with Crippen molar-refractivity contribution in [3.63, 3.8) is 0 Å². The third-order valence-electron chi connectivity index (χ3n) is 5.82. The zero-order valence-corrected chi connectivity index (χ0v) is 20.6. The minimum atomic E-state index is -3.78. The van der Waals surface area contributed by atoms with E-state index in [-0.39, 0.29) is 36.0 Å². The van der Waals surface area contributed by atoms with Gasteiger partial charge in [0.25, 0.3) is 0 Å². The summed E-state index contributed by atoms with van der Waals surface area (Å²) in [6, 6.07) is 10.6. The van der Waals surface area contributed by atoms with Crippen LogP contribution in [0.25, 0.3) is 0 Å². The SMILES string of the molecule is COC(=O)CCC(=O)N1CCN(c2cc(S(=O)(=O)NCCc3ccc(F)cc3)ccc2OC)CC1. The Morgan fingerprint density at radius 1 is 1.00 bits per heavy atom. The van der Waals surface area contributed by atoms with Crippen LogP contribution in [0.15, 0.2) is 47.4 Å². The smallest absolute Gasteiger partial charge is 0.306 e. The van der Waals surface area contributed by atoms with Gasteiger partial charge in [-0.25, -0.2) is 17.5 Å². The molecular formula is C24H30FN3O6S. The number of ether oxygens (including phenoxy) is 2. The molecule has 0 bridgehead atoms. The molecular weight excluding hydrogens is 477 g/mol. The molecule has 1 saturated heterocycles. The molecule has 2 aromatic rings. The zero-order valence-electron chi connectivity index (χ0n) is 19.8. The highest BCUT2D eigenvalue weighted by Gasteiger charge is 2.25. The highest BCUT2D eigenvalue weighted by atomic mass is 32.2. The number of piperazine rings is 1. The van der Waals surface area contributed by atoms with Crippen molar-refractivity contribution in [2.75, 3.05) is 51.8 Å². The molecule has 9 nitrogen and oxygen atoms in total.